The van der Waals surface area contributed by atoms with E-state index in [1.54, 1.807) is 7.11 Å². The molecule has 9 rings (SSSR count). The lowest BCUT2D eigenvalue weighted by atomic mass is 9.47. The molecule has 348 valence electrons. The van der Waals surface area contributed by atoms with Crippen LogP contribution in [-0.2, 0) is 45.8 Å². The number of methoxy groups -OCH3 is 3. The smallest absolute Gasteiger partial charge is 0.344 e. The van der Waals surface area contributed by atoms with Crippen LogP contribution in [0.25, 0.3) is 10.9 Å². The molecule has 6 aliphatic rings. The molecule has 3 fully saturated rings. The lowest BCUT2D eigenvalue weighted by Crippen LogP contribution is -2.81. The average Bonchev–Trinajstić information content (AvgIpc) is 3.92. The summed E-state index contributed by atoms with van der Waals surface area (Å²) in [5, 5.41) is 26.3. The summed E-state index contributed by atoms with van der Waals surface area (Å²) in [6, 6.07) is 11.0. The zero-order valence-electron chi connectivity index (χ0n) is 37.4. The minimum atomic E-state index is -4.69. The molecule has 5 aliphatic heterocycles. The fraction of sp³-hybridized carbons (Fsp3) is 0.587. The molecule has 3 aromatic rings. The van der Waals surface area contributed by atoms with Crippen LogP contribution in [0.2, 0.25) is 0 Å². The Morgan fingerprint density at radius 2 is 1.66 bits per heavy atom. The number of para-hydroxylation sites is 1. The highest BCUT2D eigenvalue weighted by Gasteiger charge is 2.80. The molecule has 1 saturated carbocycles. The van der Waals surface area contributed by atoms with Gasteiger partial charge in [-0.05, 0) is 74.2 Å². The molecule has 2 aromatic carbocycles. The van der Waals surface area contributed by atoms with E-state index in [0.717, 1.165) is 33.4 Å². The summed E-state index contributed by atoms with van der Waals surface area (Å²) in [5.41, 5.74) is -1.62. The fourth-order valence-electron chi connectivity index (χ4n) is 13.5. The second-order valence-electron chi connectivity index (χ2n) is 18.6. The van der Waals surface area contributed by atoms with Crippen molar-refractivity contribution in [3.63, 3.8) is 0 Å². The van der Waals surface area contributed by atoms with Crippen molar-refractivity contribution >= 4 is 34.5 Å². The van der Waals surface area contributed by atoms with E-state index in [9.17, 15) is 19.8 Å². The molecule has 1 aromatic heterocycles. The van der Waals surface area contributed by atoms with Crippen molar-refractivity contribution in [2.45, 2.75) is 99.5 Å². The largest absolute Gasteiger partial charge is 0.496 e. The van der Waals surface area contributed by atoms with Gasteiger partial charge in [0.1, 0.15) is 11.2 Å². The van der Waals surface area contributed by atoms with Gasteiger partial charge in [0, 0.05) is 90.9 Å². The third-order valence-electron chi connectivity index (χ3n) is 15.6. The minimum absolute atomic E-state index is 0.0986. The summed E-state index contributed by atoms with van der Waals surface area (Å²) >= 11 is 0. The summed E-state index contributed by atoms with van der Waals surface area (Å²) in [5.74, 6) is -1.56. The molecule has 0 amide bonds. The second-order valence-corrected chi connectivity index (χ2v) is 19.4. The predicted octanol–water partition coefficient (Wildman–Crippen LogP) is -0.133. The Labute approximate surface area is 374 Å². The molecular weight excluding hydrogens is 852 g/mol. The number of carbonyl (C=O) groups excluding carboxylic acids is 3. The quantitative estimate of drug-likeness (QED) is 0.137. The van der Waals surface area contributed by atoms with E-state index in [4.69, 9.17) is 37.6 Å². The first-order valence-corrected chi connectivity index (χ1v) is 23.1. The fourth-order valence-corrected chi connectivity index (χ4v) is 13.5. The van der Waals surface area contributed by atoms with Gasteiger partial charge in [-0.1, -0.05) is 44.2 Å². The van der Waals surface area contributed by atoms with Crippen molar-refractivity contribution in [1.29, 1.82) is 0 Å². The first-order valence-electron chi connectivity index (χ1n) is 21.8. The number of nitrogens with zero attached hydrogens (tertiary/aromatic N) is 3. The molecule has 10 atom stereocenters. The number of anilines is 1. The van der Waals surface area contributed by atoms with Crippen molar-refractivity contribution in [3.05, 3.63) is 70.9 Å². The second kappa shape index (κ2) is 16.2. The van der Waals surface area contributed by atoms with Gasteiger partial charge in [0.2, 0.25) is 5.60 Å². The molecule has 6 heterocycles. The van der Waals surface area contributed by atoms with Crippen LogP contribution in [0, 0.1) is 21.6 Å². The van der Waals surface area contributed by atoms with Gasteiger partial charge in [0.05, 0.1) is 47.9 Å². The molecule has 2 saturated heterocycles. The van der Waals surface area contributed by atoms with Gasteiger partial charge in [-0.25, -0.2) is 4.79 Å². The van der Waals surface area contributed by atoms with Gasteiger partial charge in [0.25, 0.3) is 0 Å². The van der Waals surface area contributed by atoms with Gasteiger partial charge >= 0.3 is 17.9 Å². The lowest BCUT2D eigenvalue weighted by molar-refractivity contribution is -1.92. The number of rotatable bonds is 7. The number of likely N-dealkylation sites (N-methyl/N-ethyl adjacent to an activating group) is 1. The highest BCUT2D eigenvalue weighted by Crippen LogP contribution is 2.68. The summed E-state index contributed by atoms with van der Waals surface area (Å²) in [6.07, 6.45) is 5.94. The van der Waals surface area contributed by atoms with E-state index in [0.29, 0.717) is 82.6 Å². The van der Waals surface area contributed by atoms with Gasteiger partial charge in [0.15, 0.2) is 6.10 Å². The number of aliphatic hydroxyl groups is 2. The maximum absolute atomic E-state index is 15.3. The Morgan fingerprint density at radius 1 is 0.953 bits per heavy atom. The van der Waals surface area contributed by atoms with Gasteiger partial charge in [-0.15, -0.1) is 0 Å². The minimum Gasteiger partial charge on any atom is -0.496 e. The van der Waals surface area contributed by atoms with Gasteiger partial charge in [-0.3, -0.25) is 19.4 Å². The Morgan fingerprint density at radius 3 is 2.30 bits per heavy atom. The van der Waals surface area contributed by atoms with Crippen molar-refractivity contribution in [2.75, 3.05) is 66.0 Å². The Kier molecular flexibility index (Phi) is 11.7. The van der Waals surface area contributed by atoms with Gasteiger partial charge in [-0.2, -0.15) is 14.0 Å². The van der Waals surface area contributed by atoms with E-state index >= 15 is 4.79 Å². The number of aromatic amines is 1. The zero-order chi connectivity index (χ0) is 46.4. The number of halogens is 1. The molecule has 1 spiro atoms. The van der Waals surface area contributed by atoms with Crippen LogP contribution in [0.4, 0.5) is 5.69 Å². The molecule has 1 aliphatic carbocycles. The highest BCUT2D eigenvalue weighted by atomic mass is 35.7. The number of carbonyl (C=O) groups is 3. The number of benzene rings is 2. The molecule has 64 heavy (non-hydrogen) atoms. The maximum atomic E-state index is 15.3. The first kappa shape index (κ1) is 46.2. The number of nitrogens with one attached hydrogen (secondary N) is 1. The molecule has 1 unspecified atom stereocenters. The number of ether oxygens (including phenoxy) is 4. The van der Waals surface area contributed by atoms with Crippen LogP contribution < -0.4 is 23.6 Å². The van der Waals surface area contributed by atoms with Crippen molar-refractivity contribution in [1.82, 2.24) is 14.8 Å². The maximum Gasteiger partial charge on any atom is 0.344 e. The lowest BCUT2D eigenvalue weighted by Gasteiger charge is -2.63. The first-order chi connectivity index (χ1) is 30.2. The van der Waals surface area contributed by atoms with E-state index in [1.165, 1.54) is 21.1 Å². The number of aromatic nitrogens is 1. The number of esters is 3. The normalized spacial score (nSPS) is 35.0. The SMILES string of the molecule is CC[C@@]1(O)C[C@H]2CN(CCc3c([nH]c4ccccc34)[C@@](C(=O)OC)(c3cc4c(cc3OC)N(C)[C@H]3[C@@](O)(C(=O)OC)[C@H](OC(C)=O)[C@]5(CC)C=CCN6CC[C@]43[C@@H]65)C2)C1.[O-][Cl+3]([O-])([O-])O. The monoisotopic (exact) mass is 910 g/mol. The van der Waals surface area contributed by atoms with E-state index in [2.05, 4.69) is 39.1 Å². The molecular formula is C46H59ClN4O13. The average molecular weight is 911 g/mol. The van der Waals surface area contributed by atoms with Crippen LogP contribution >= 0.6 is 0 Å². The number of H-pyrrole nitrogens is 1. The molecule has 0 radical (unpaired) electrons. The van der Waals surface area contributed by atoms with Crippen molar-refractivity contribution < 1.29 is 72.4 Å². The molecule has 2 bridgehead atoms. The number of hydrogen-bond acceptors (Lipinski definition) is 16. The summed E-state index contributed by atoms with van der Waals surface area (Å²) in [4.78, 5) is 53.2. The number of hydrogen-bond donors (Lipinski definition) is 4. The Hall–Kier alpha value is -4.30. The van der Waals surface area contributed by atoms with E-state index in [1.807, 2.05) is 50.1 Å². The topological polar surface area (TPSA) is 244 Å². The number of fused-ring (bicyclic) bond motifs is 6. The summed E-state index contributed by atoms with van der Waals surface area (Å²) in [7, 11) is 1.46. The zero-order valence-corrected chi connectivity index (χ0v) is 38.1. The summed E-state index contributed by atoms with van der Waals surface area (Å²) < 4.78 is 56.7. The van der Waals surface area contributed by atoms with Gasteiger partial charge < -0.3 is 39.0 Å². The van der Waals surface area contributed by atoms with E-state index in [-0.39, 0.29) is 12.0 Å². The van der Waals surface area contributed by atoms with Crippen LogP contribution in [0.5, 0.6) is 5.75 Å². The van der Waals surface area contributed by atoms with E-state index < -0.39 is 67.7 Å². The molecule has 4 N–H and O–H groups in total. The molecule has 18 heteroatoms. The molecule has 17 nitrogen and oxygen atoms in total. The van der Waals surface area contributed by atoms with Crippen LogP contribution in [-0.4, -0.2) is 138 Å². The number of piperidine rings is 1. The Bertz CT molecular complexity index is 2360. The highest BCUT2D eigenvalue weighted by molar-refractivity contribution is 5.95. The van der Waals surface area contributed by atoms with Crippen molar-refractivity contribution in [3.8, 4) is 5.75 Å². The van der Waals surface area contributed by atoms with Crippen LogP contribution in [0.3, 0.4) is 0 Å². The van der Waals surface area contributed by atoms with Crippen LogP contribution in [0.1, 0.15) is 75.3 Å². The van der Waals surface area contributed by atoms with Crippen LogP contribution in [0.15, 0.2) is 48.6 Å². The Balaban J connectivity index is 0.00000106. The third kappa shape index (κ3) is 6.76. The third-order valence-corrected chi connectivity index (χ3v) is 15.6. The predicted molar refractivity (Wildman–Crippen MR) is 223 cm³/mol. The summed E-state index contributed by atoms with van der Waals surface area (Å²) in [6.45, 7) is 8.62. The standard InChI is InChI=1S/C46H58N4O9.ClHO4/c1-8-42(54)23-28-24-45(40(52)57-6,36-30(15-19-49(25-28)26-42)29-13-10-11-14-33(29)47-36)32-21-31-34(22-35(32)56-5)48(4)38-44(31)17-20-50-18-12-16-43(9-2,37(44)50)39(59-27(3)51)46(38,55)41(53)58-7;2-1(3,4)5/h10-14,16,21-22,28,37-39,47,54-55H,8-9,15,17-20,23-26H2,1-7H3;(H,2,3,4,5)/t28-,37+,38-,39-,42-,43-,44-,45+,46+;/m1./s1. The van der Waals surface area contributed by atoms with Crippen molar-refractivity contribution in [2.24, 2.45) is 11.3 Å².